The van der Waals surface area contributed by atoms with E-state index in [0.717, 1.165) is 56.4 Å². The standard InChI is InChI=1S/C24H30N4O/c1-28(18-20-11-5-4-6-12-20)22-14-8-7-13-21(22)26-17-23(29)27-24(19-25)15-9-2-3-10-16-24/h4-8,11-14,26H,2-3,9-10,15-18H2,1H3,(H,27,29). The number of benzene rings is 2. The summed E-state index contributed by atoms with van der Waals surface area (Å²) in [4.78, 5) is 14.8. The lowest BCUT2D eigenvalue weighted by molar-refractivity contribution is -0.120. The number of amides is 1. The first kappa shape index (κ1) is 20.7. The Kier molecular flexibility index (Phi) is 7.13. The third-order valence-electron chi connectivity index (χ3n) is 5.57. The van der Waals surface area contributed by atoms with E-state index in [1.807, 2.05) is 49.5 Å². The topological polar surface area (TPSA) is 68.2 Å². The van der Waals surface area contributed by atoms with Crippen LogP contribution in [0.2, 0.25) is 0 Å². The predicted molar refractivity (Wildman–Crippen MR) is 118 cm³/mol. The van der Waals surface area contributed by atoms with Crippen LogP contribution in [0, 0.1) is 11.3 Å². The normalized spacial score (nSPS) is 15.6. The number of carbonyl (C=O) groups excluding carboxylic acids is 1. The Balaban J connectivity index is 1.62. The second-order valence-corrected chi connectivity index (χ2v) is 7.87. The van der Waals surface area contributed by atoms with Gasteiger partial charge in [0.05, 0.1) is 24.0 Å². The third-order valence-corrected chi connectivity index (χ3v) is 5.57. The van der Waals surface area contributed by atoms with E-state index in [2.05, 4.69) is 33.7 Å². The summed E-state index contributed by atoms with van der Waals surface area (Å²) in [5, 5.41) is 15.9. The Bertz CT molecular complexity index is 835. The van der Waals surface area contributed by atoms with E-state index in [0.29, 0.717) is 0 Å². The molecule has 1 aliphatic rings. The quantitative estimate of drug-likeness (QED) is 0.685. The van der Waals surface area contributed by atoms with Crippen LogP contribution < -0.4 is 15.5 Å². The molecular formula is C24H30N4O. The second-order valence-electron chi connectivity index (χ2n) is 7.87. The molecule has 0 aromatic heterocycles. The van der Waals surface area contributed by atoms with Gasteiger partial charge in [-0.1, -0.05) is 68.1 Å². The van der Waals surface area contributed by atoms with Gasteiger partial charge in [-0.2, -0.15) is 5.26 Å². The minimum absolute atomic E-state index is 0.131. The molecule has 5 heteroatoms. The summed E-state index contributed by atoms with van der Waals surface area (Å²) in [5.74, 6) is -0.131. The first-order chi connectivity index (χ1) is 14.1. The highest BCUT2D eigenvalue weighted by Gasteiger charge is 2.32. The van der Waals surface area contributed by atoms with Crippen molar-refractivity contribution in [1.29, 1.82) is 5.26 Å². The minimum Gasteiger partial charge on any atom is -0.374 e. The summed E-state index contributed by atoms with van der Waals surface area (Å²) >= 11 is 0. The lowest BCUT2D eigenvalue weighted by Crippen LogP contribution is -2.49. The van der Waals surface area contributed by atoms with Crippen LogP contribution in [0.4, 0.5) is 11.4 Å². The molecule has 2 N–H and O–H groups in total. The predicted octanol–water partition coefficient (Wildman–Crippen LogP) is 4.47. The molecule has 1 fully saturated rings. The number of hydrogen-bond donors (Lipinski definition) is 2. The molecule has 3 rings (SSSR count). The number of hydrogen-bond acceptors (Lipinski definition) is 4. The van der Waals surface area contributed by atoms with Gasteiger partial charge in [0.2, 0.25) is 5.91 Å². The molecule has 5 nitrogen and oxygen atoms in total. The zero-order chi connectivity index (χ0) is 20.5. The number of rotatable bonds is 7. The van der Waals surface area contributed by atoms with Crippen LogP contribution in [-0.4, -0.2) is 25.0 Å². The van der Waals surface area contributed by atoms with Crippen molar-refractivity contribution >= 4 is 17.3 Å². The molecule has 0 unspecified atom stereocenters. The van der Waals surface area contributed by atoms with Gasteiger partial charge in [0.1, 0.15) is 5.54 Å². The maximum Gasteiger partial charge on any atom is 0.240 e. The van der Waals surface area contributed by atoms with E-state index in [1.54, 1.807) is 0 Å². The van der Waals surface area contributed by atoms with E-state index in [9.17, 15) is 10.1 Å². The average Bonchev–Trinajstić information content (AvgIpc) is 2.99. The first-order valence-corrected chi connectivity index (χ1v) is 10.4. The van der Waals surface area contributed by atoms with Gasteiger partial charge in [-0.05, 0) is 30.5 Å². The molecule has 0 heterocycles. The molecule has 2 aromatic rings. The summed E-state index contributed by atoms with van der Waals surface area (Å²) in [5.41, 5.74) is 2.47. The van der Waals surface area contributed by atoms with Gasteiger partial charge >= 0.3 is 0 Å². The van der Waals surface area contributed by atoms with Crippen LogP contribution >= 0.6 is 0 Å². The number of anilines is 2. The highest BCUT2D eigenvalue weighted by atomic mass is 16.2. The molecule has 0 spiro atoms. The summed E-state index contributed by atoms with van der Waals surface area (Å²) in [6.45, 7) is 0.933. The van der Waals surface area contributed by atoms with Gasteiger partial charge in [0.25, 0.3) is 0 Å². The van der Waals surface area contributed by atoms with E-state index >= 15 is 0 Å². The van der Waals surface area contributed by atoms with Crippen LogP contribution in [0.5, 0.6) is 0 Å². The fourth-order valence-electron chi connectivity index (χ4n) is 3.98. The van der Waals surface area contributed by atoms with Crippen LogP contribution in [0.25, 0.3) is 0 Å². The molecule has 1 saturated carbocycles. The van der Waals surface area contributed by atoms with E-state index in [1.165, 1.54) is 5.56 Å². The number of nitriles is 1. The Hall–Kier alpha value is -3.00. The van der Waals surface area contributed by atoms with Gasteiger partial charge in [-0.25, -0.2) is 0 Å². The van der Waals surface area contributed by atoms with Crippen molar-refractivity contribution in [3.8, 4) is 6.07 Å². The maximum absolute atomic E-state index is 12.6. The molecule has 0 saturated heterocycles. The number of para-hydroxylation sites is 2. The minimum atomic E-state index is -0.709. The highest BCUT2D eigenvalue weighted by Crippen LogP contribution is 2.27. The Morgan fingerprint density at radius 2 is 1.69 bits per heavy atom. The molecule has 1 amide bonds. The van der Waals surface area contributed by atoms with Crippen molar-refractivity contribution in [2.24, 2.45) is 0 Å². The van der Waals surface area contributed by atoms with Crippen molar-refractivity contribution in [2.75, 3.05) is 23.8 Å². The van der Waals surface area contributed by atoms with Crippen molar-refractivity contribution in [1.82, 2.24) is 5.32 Å². The maximum atomic E-state index is 12.6. The molecule has 2 aromatic carbocycles. The van der Waals surface area contributed by atoms with Gasteiger partial charge in [-0.15, -0.1) is 0 Å². The number of nitrogens with zero attached hydrogens (tertiary/aromatic N) is 2. The molecule has 0 atom stereocenters. The van der Waals surface area contributed by atoms with Crippen molar-refractivity contribution < 1.29 is 4.79 Å². The van der Waals surface area contributed by atoms with Crippen LogP contribution in [0.3, 0.4) is 0 Å². The van der Waals surface area contributed by atoms with Crippen LogP contribution in [-0.2, 0) is 11.3 Å². The van der Waals surface area contributed by atoms with Crippen LogP contribution in [0.15, 0.2) is 54.6 Å². The Morgan fingerprint density at radius 3 is 2.38 bits per heavy atom. The molecule has 152 valence electrons. The zero-order valence-electron chi connectivity index (χ0n) is 17.2. The van der Waals surface area contributed by atoms with Gasteiger partial charge < -0.3 is 15.5 Å². The summed E-state index contributed by atoms with van der Waals surface area (Å²) in [6.07, 6.45) is 5.75. The monoisotopic (exact) mass is 390 g/mol. The highest BCUT2D eigenvalue weighted by molar-refractivity contribution is 5.83. The molecular weight excluding hydrogens is 360 g/mol. The van der Waals surface area contributed by atoms with E-state index in [4.69, 9.17) is 0 Å². The molecule has 0 aliphatic heterocycles. The number of carbonyl (C=O) groups is 1. The van der Waals surface area contributed by atoms with Gasteiger partial charge in [0.15, 0.2) is 0 Å². The SMILES string of the molecule is CN(Cc1ccccc1)c1ccccc1NCC(=O)NC1(C#N)CCCCCC1. The van der Waals surface area contributed by atoms with Gasteiger partial charge in [-0.3, -0.25) is 4.79 Å². The molecule has 1 aliphatic carbocycles. The molecule has 0 radical (unpaired) electrons. The van der Waals surface area contributed by atoms with E-state index < -0.39 is 5.54 Å². The zero-order valence-corrected chi connectivity index (χ0v) is 17.2. The largest absolute Gasteiger partial charge is 0.374 e. The van der Waals surface area contributed by atoms with Crippen molar-refractivity contribution in [3.05, 3.63) is 60.2 Å². The smallest absolute Gasteiger partial charge is 0.240 e. The lowest BCUT2D eigenvalue weighted by Gasteiger charge is -2.27. The number of nitrogens with one attached hydrogen (secondary N) is 2. The lowest BCUT2D eigenvalue weighted by atomic mass is 9.92. The van der Waals surface area contributed by atoms with Crippen molar-refractivity contribution in [3.63, 3.8) is 0 Å². The van der Waals surface area contributed by atoms with E-state index in [-0.39, 0.29) is 12.5 Å². The summed E-state index contributed by atoms with van der Waals surface area (Å²) in [7, 11) is 2.05. The Labute approximate surface area is 173 Å². The summed E-state index contributed by atoms with van der Waals surface area (Å²) < 4.78 is 0. The van der Waals surface area contributed by atoms with Gasteiger partial charge in [0, 0.05) is 13.6 Å². The fourth-order valence-corrected chi connectivity index (χ4v) is 3.98. The molecule has 0 bridgehead atoms. The first-order valence-electron chi connectivity index (χ1n) is 10.4. The second kappa shape index (κ2) is 9.97. The Morgan fingerprint density at radius 1 is 1.03 bits per heavy atom. The molecule has 29 heavy (non-hydrogen) atoms. The third kappa shape index (κ3) is 5.74. The van der Waals surface area contributed by atoms with Crippen molar-refractivity contribution in [2.45, 2.75) is 50.6 Å². The fraction of sp³-hybridized carbons (Fsp3) is 0.417. The summed E-state index contributed by atoms with van der Waals surface area (Å²) in [6, 6.07) is 20.7. The average molecular weight is 391 g/mol. The van der Waals surface area contributed by atoms with Crippen LogP contribution in [0.1, 0.15) is 44.1 Å².